The molecule has 2 aromatic rings. The second kappa shape index (κ2) is 9.59. The van der Waals surface area contributed by atoms with Crippen molar-refractivity contribution < 1.29 is 9.59 Å². The number of aromatic nitrogens is 1. The number of nitrogens with one attached hydrogen (secondary N) is 1. The molecule has 7 heteroatoms. The average Bonchev–Trinajstić information content (AvgIpc) is 3.56. The largest absolute Gasteiger partial charge is 0.337 e. The minimum atomic E-state index is -0.203. The Morgan fingerprint density at radius 1 is 1.19 bits per heavy atom. The molecule has 1 atom stereocenters. The Hall–Kier alpha value is -2.44. The van der Waals surface area contributed by atoms with Crippen molar-refractivity contribution in [3.8, 4) is 0 Å². The first-order chi connectivity index (χ1) is 15.3. The molecule has 6 nitrogen and oxygen atoms in total. The van der Waals surface area contributed by atoms with E-state index in [9.17, 15) is 9.59 Å². The van der Waals surface area contributed by atoms with Crippen LogP contribution in [0.2, 0.25) is 5.02 Å². The highest BCUT2D eigenvalue weighted by Crippen LogP contribution is 2.33. The molecular weight excluding hydrogens is 424 g/mol. The van der Waals surface area contributed by atoms with E-state index < -0.39 is 0 Å². The molecule has 1 N–H and O–H groups in total. The zero-order valence-corrected chi connectivity index (χ0v) is 19.8. The maximum Gasteiger partial charge on any atom is 0.257 e. The number of aryl methyl sites for hydroxylation is 1. The maximum absolute atomic E-state index is 12.7. The summed E-state index contributed by atoms with van der Waals surface area (Å²) in [5.74, 6) is 0.713. The molecular formula is C25H31ClN4O2. The van der Waals surface area contributed by atoms with Gasteiger partial charge in [0.25, 0.3) is 5.91 Å². The molecule has 32 heavy (non-hydrogen) atoms. The Labute approximate surface area is 195 Å². The number of rotatable bonds is 6. The monoisotopic (exact) mass is 454 g/mol. The first kappa shape index (κ1) is 22.7. The van der Waals surface area contributed by atoms with Gasteiger partial charge in [-0.3, -0.25) is 19.5 Å². The zero-order valence-electron chi connectivity index (χ0n) is 19.0. The molecule has 2 heterocycles. The number of carbonyl (C=O) groups is 2. The van der Waals surface area contributed by atoms with Gasteiger partial charge >= 0.3 is 0 Å². The lowest BCUT2D eigenvalue weighted by Gasteiger charge is -2.40. The molecule has 2 amide bonds. The number of halogens is 1. The first-order valence-electron chi connectivity index (χ1n) is 11.3. The van der Waals surface area contributed by atoms with E-state index >= 15 is 0 Å². The third-order valence-corrected chi connectivity index (χ3v) is 6.71. The lowest BCUT2D eigenvalue weighted by molar-refractivity contribution is -0.136. The summed E-state index contributed by atoms with van der Waals surface area (Å²) < 4.78 is 0. The van der Waals surface area contributed by atoms with E-state index in [1.165, 1.54) is 12.8 Å². The Bertz CT molecular complexity index is 1000. The van der Waals surface area contributed by atoms with Gasteiger partial charge in [0, 0.05) is 61.2 Å². The van der Waals surface area contributed by atoms with Crippen LogP contribution < -0.4 is 5.32 Å². The predicted octanol–water partition coefficient (Wildman–Crippen LogP) is 4.44. The molecule has 1 aliphatic carbocycles. The van der Waals surface area contributed by atoms with Gasteiger partial charge in [-0.1, -0.05) is 11.6 Å². The van der Waals surface area contributed by atoms with Crippen LogP contribution in [0.15, 0.2) is 30.5 Å². The van der Waals surface area contributed by atoms with Crippen molar-refractivity contribution in [1.29, 1.82) is 0 Å². The van der Waals surface area contributed by atoms with Gasteiger partial charge in [-0.05, 0) is 74.9 Å². The van der Waals surface area contributed by atoms with E-state index in [1.54, 1.807) is 18.3 Å². The van der Waals surface area contributed by atoms with E-state index in [4.69, 9.17) is 11.6 Å². The number of hydrogen-bond donors (Lipinski definition) is 1. The van der Waals surface area contributed by atoms with Gasteiger partial charge in [-0.2, -0.15) is 0 Å². The fourth-order valence-corrected chi connectivity index (χ4v) is 4.54. The molecule has 0 unspecified atom stereocenters. The summed E-state index contributed by atoms with van der Waals surface area (Å²) in [4.78, 5) is 33.8. The van der Waals surface area contributed by atoms with Crippen molar-refractivity contribution in [3.05, 3.63) is 57.9 Å². The average molecular weight is 455 g/mol. The summed E-state index contributed by atoms with van der Waals surface area (Å²) in [6.45, 7) is 9.19. The van der Waals surface area contributed by atoms with Crippen LogP contribution in [0.5, 0.6) is 0 Å². The number of pyridine rings is 1. The number of benzene rings is 1. The van der Waals surface area contributed by atoms with Crippen molar-refractivity contribution in [2.45, 2.75) is 52.6 Å². The molecule has 1 saturated heterocycles. The highest BCUT2D eigenvalue weighted by molar-refractivity contribution is 6.31. The second-order valence-corrected chi connectivity index (χ2v) is 9.64. The molecule has 170 valence electrons. The Morgan fingerprint density at radius 3 is 2.62 bits per heavy atom. The molecule has 0 radical (unpaired) electrons. The highest BCUT2D eigenvalue weighted by atomic mass is 35.5. The fraction of sp³-hybridized carbons (Fsp3) is 0.480. The van der Waals surface area contributed by atoms with Crippen LogP contribution in [0, 0.1) is 19.8 Å². The van der Waals surface area contributed by atoms with Crippen LogP contribution >= 0.6 is 11.6 Å². The van der Waals surface area contributed by atoms with Gasteiger partial charge in [0.15, 0.2) is 0 Å². The fourth-order valence-electron chi connectivity index (χ4n) is 4.30. The van der Waals surface area contributed by atoms with Gasteiger partial charge in [0.05, 0.1) is 5.56 Å². The molecule has 4 rings (SSSR count). The highest BCUT2D eigenvalue weighted by Gasteiger charge is 2.32. The first-order valence-corrected chi connectivity index (χ1v) is 11.7. The minimum absolute atomic E-state index is 0.197. The number of nitrogens with zero attached hydrogens (tertiary/aromatic N) is 3. The van der Waals surface area contributed by atoms with E-state index in [0.717, 1.165) is 43.0 Å². The molecule has 1 saturated carbocycles. The summed E-state index contributed by atoms with van der Waals surface area (Å²) in [6.07, 6.45) is 4.69. The molecule has 1 aromatic carbocycles. The molecule has 1 aliphatic heterocycles. The smallest absolute Gasteiger partial charge is 0.257 e. The Morgan fingerprint density at radius 2 is 1.97 bits per heavy atom. The molecule has 0 spiro atoms. The van der Waals surface area contributed by atoms with Gasteiger partial charge in [-0.25, -0.2) is 0 Å². The lowest BCUT2D eigenvalue weighted by Crippen LogP contribution is -2.53. The van der Waals surface area contributed by atoms with E-state index in [1.807, 2.05) is 30.9 Å². The van der Waals surface area contributed by atoms with Crippen molar-refractivity contribution in [2.75, 3.05) is 25.0 Å². The normalized spacial score (nSPS) is 19.1. The number of piperazine rings is 1. The molecule has 2 aliphatic rings. The van der Waals surface area contributed by atoms with E-state index in [0.29, 0.717) is 34.5 Å². The number of hydrogen-bond acceptors (Lipinski definition) is 4. The van der Waals surface area contributed by atoms with Crippen LogP contribution in [-0.4, -0.2) is 52.3 Å². The van der Waals surface area contributed by atoms with Crippen molar-refractivity contribution >= 4 is 29.1 Å². The van der Waals surface area contributed by atoms with Crippen LogP contribution in [0.25, 0.3) is 0 Å². The lowest BCUT2D eigenvalue weighted by atomic mass is 10.0. The van der Waals surface area contributed by atoms with Crippen LogP contribution in [0.4, 0.5) is 5.69 Å². The Balaban J connectivity index is 1.41. The summed E-state index contributed by atoms with van der Waals surface area (Å²) >= 11 is 6.40. The predicted molar refractivity (Wildman–Crippen MR) is 127 cm³/mol. The van der Waals surface area contributed by atoms with Crippen LogP contribution in [-0.2, 0) is 11.3 Å². The summed E-state index contributed by atoms with van der Waals surface area (Å²) in [5.41, 5.74) is 4.18. The van der Waals surface area contributed by atoms with Crippen molar-refractivity contribution in [3.63, 3.8) is 0 Å². The standard InChI is InChI=1S/C25H31ClN4O2/c1-16-4-7-20(13-27-16)25(32)28-23-12-22(26)11-21(18(23)3)15-29-8-9-30(17(2)14-29)24(31)10-19-5-6-19/h4,7,11-13,17,19H,5-6,8-10,14-15H2,1-3H3,(H,28,32)/t17-/m0/s1. The van der Waals surface area contributed by atoms with Gasteiger partial charge < -0.3 is 10.2 Å². The van der Waals surface area contributed by atoms with Gasteiger partial charge in [-0.15, -0.1) is 0 Å². The number of amides is 2. The summed E-state index contributed by atoms with van der Waals surface area (Å²) in [7, 11) is 0. The maximum atomic E-state index is 12.7. The summed E-state index contributed by atoms with van der Waals surface area (Å²) in [5, 5.41) is 3.58. The van der Waals surface area contributed by atoms with E-state index in [2.05, 4.69) is 22.1 Å². The molecule has 1 aromatic heterocycles. The van der Waals surface area contributed by atoms with Crippen LogP contribution in [0.3, 0.4) is 0 Å². The SMILES string of the molecule is Cc1ccc(C(=O)Nc2cc(Cl)cc(CN3CCN(C(=O)CC4CC4)[C@@H](C)C3)c2C)cn1. The molecule has 0 bridgehead atoms. The van der Waals surface area contributed by atoms with Crippen molar-refractivity contribution in [2.24, 2.45) is 5.92 Å². The quantitative estimate of drug-likeness (QED) is 0.700. The minimum Gasteiger partial charge on any atom is -0.337 e. The third-order valence-electron chi connectivity index (χ3n) is 6.49. The number of carbonyl (C=O) groups excluding carboxylic acids is 2. The zero-order chi connectivity index (χ0) is 22.8. The second-order valence-electron chi connectivity index (χ2n) is 9.20. The summed E-state index contributed by atoms with van der Waals surface area (Å²) in [6, 6.07) is 7.54. The third kappa shape index (κ3) is 5.48. The molecule has 2 fully saturated rings. The number of anilines is 1. The van der Waals surface area contributed by atoms with Crippen LogP contribution in [0.1, 0.15) is 53.4 Å². The Kier molecular flexibility index (Phi) is 6.82. The van der Waals surface area contributed by atoms with Gasteiger partial charge in [0.2, 0.25) is 5.91 Å². The van der Waals surface area contributed by atoms with E-state index in [-0.39, 0.29) is 11.9 Å². The van der Waals surface area contributed by atoms with Gasteiger partial charge in [0.1, 0.15) is 0 Å². The topological polar surface area (TPSA) is 65.5 Å². The van der Waals surface area contributed by atoms with Crippen molar-refractivity contribution in [1.82, 2.24) is 14.8 Å².